The van der Waals surface area contributed by atoms with Crippen molar-refractivity contribution < 1.29 is 14.3 Å². The first kappa shape index (κ1) is 12.0. The van der Waals surface area contributed by atoms with Crippen molar-refractivity contribution in [2.75, 3.05) is 0 Å². The first-order chi connectivity index (χ1) is 6.84. The molecule has 0 aromatic heterocycles. The van der Waals surface area contributed by atoms with Crippen LogP contribution in [0.1, 0.15) is 25.8 Å². The Labute approximate surface area is 92.7 Å². The second-order valence-electron chi connectivity index (χ2n) is 4.06. The Bertz CT molecular complexity index is 388. The van der Waals surface area contributed by atoms with Crippen LogP contribution in [-0.2, 0) is 10.2 Å². The Hall–Kier alpha value is -1.09. The van der Waals surface area contributed by atoms with Crippen LogP contribution >= 0.6 is 11.6 Å². The van der Waals surface area contributed by atoms with E-state index in [2.05, 4.69) is 0 Å². The lowest BCUT2D eigenvalue weighted by atomic mass is 9.81. The van der Waals surface area contributed by atoms with Crippen molar-refractivity contribution in [3.63, 3.8) is 0 Å². The van der Waals surface area contributed by atoms with Crippen molar-refractivity contribution >= 4 is 17.6 Å². The highest BCUT2D eigenvalue weighted by Crippen LogP contribution is 2.31. The molecular formula is C11H12ClFO2. The molecule has 0 aliphatic carbocycles. The molecule has 0 aliphatic rings. The number of hydrogen-bond donors (Lipinski definition) is 1. The second-order valence-corrected chi connectivity index (χ2v) is 4.46. The fourth-order valence-electron chi connectivity index (χ4n) is 1.50. The lowest BCUT2D eigenvalue weighted by molar-refractivity contribution is -0.138. The van der Waals surface area contributed by atoms with Crippen LogP contribution in [-0.4, -0.2) is 11.1 Å². The average Bonchev–Trinajstić information content (AvgIpc) is 2.07. The average molecular weight is 231 g/mol. The Morgan fingerprint density at radius 3 is 2.67 bits per heavy atom. The van der Waals surface area contributed by atoms with E-state index in [4.69, 9.17) is 16.7 Å². The van der Waals surface area contributed by atoms with Gasteiger partial charge in [-0.25, -0.2) is 4.39 Å². The van der Waals surface area contributed by atoms with Gasteiger partial charge in [-0.15, -0.1) is 0 Å². The molecule has 1 rings (SSSR count). The van der Waals surface area contributed by atoms with Crippen LogP contribution in [0.25, 0.3) is 0 Å². The van der Waals surface area contributed by atoms with Gasteiger partial charge in [-0.3, -0.25) is 4.79 Å². The zero-order valence-electron chi connectivity index (χ0n) is 8.55. The molecule has 0 heterocycles. The normalized spacial score (nSPS) is 11.5. The van der Waals surface area contributed by atoms with E-state index in [1.807, 2.05) is 0 Å². The van der Waals surface area contributed by atoms with E-state index >= 15 is 0 Å². The van der Waals surface area contributed by atoms with Crippen molar-refractivity contribution in [1.29, 1.82) is 0 Å². The zero-order valence-corrected chi connectivity index (χ0v) is 9.31. The number of carbonyl (C=O) groups is 1. The lowest BCUT2D eigenvalue weighted by Gasteiger charge is -2.23. The van der Waals surface area contributed by atoms with Crippen molar-refractivity contribution in [3.8, 4) is 0 Å². The third kappa shape index (κ3) is 2.69. The molecule has 15 heavy (non-hydrogen) atoms. The fraction of sp³-hybridized carbons (Fsp3) is 0.364. The third-order valence-electron chi connectivity index (χ3n) is 2.27. The molecule has 1 N–H and O–H groups in total. The fourth-order valence-corrected chi connectivity index (χ4v) is 1.67. The molecule has 82 valence electrons. The largest absolute Gasteiger partial charge is 0.481 e. The van der Waals surface area contributed by atoms with E-state index in [1.54, 1.807) is 26.0 Å². The number of hydrogen-bond acceptors (Lipinski definition) is 1. The summed E-state index contributed by atoms with van der Waals surface area (Å²) in [5.41, 5.74) is -0.432. The van der Waals surface area contributed by atoms with E-state index < -0.39 is 17.2 Å². The number of benzene rings is 1. The smallest absolute Gasteiger partial charge is 0.304 e. The highest BCUT2D eigenvalue weighted by atomic mass is 35.5. The van der Waals surface area contributed by atoms with Gasteiger partial charge in [0.2, 0.25) is 0 Å². The van der Waals surface area contributed by atoms with Gasteiger partial charge in [-0.05, 0) is 11.6 Å². The maximum absolute atomic E-state index is 13.6. The third-order valence-corrected chi connectivity index (χ3v) is 2.57. The molecule has 0 fully saturated rings. The molecule has 0 unspecified atom stereocenters. The SMILES string of the molecule is CC(C)(CC(=O)O)c1cccc(Cl)c1F. The predicted octanol–water partition coefficient (Wildman–Crippen LogP) is 3.23. The van der Waals surface area contributed by atoms with E-state index in [0.29, 0.717) is 5.56 Å². The highest BCUT2D eigenvalue weighted by molar-refractivity contribution is 6.30. The lowest BCUT2D eigenvalue weighted by Crippen LogP contribution is -2.23. The van der Waals surface area contributed by atoms with Gasteiger partial charge < -0.3 is 5.11 Å². The number of carboxylic acid groups (broad SMARTS) is 1. The summed E-state index contributed by atoms with van der Waals surface area (Å²) < 4.78 is 13.6. The maximum Gasteiger partial charge on any atom is 0.304 e. The maximum atomic E-state index is 13.6. The summed E-state index contributed by atoms with van der Waals surface area (Å²) in [7, 11) is 0. The van der Waals surface area contributed by atoms with Crippen LogP contribution in [0.4, 0.5) is 4.39 Å². The van der Waals surface area contributed by atoms with Crippen LogP contribution in [0.3, 0.4) is 0 Å². The van der Waals surface area contributed by atoms with Crippen molar-refractivity contribution in [1.82, 2.24) is 0 Å². The van der Waals surface area contributed by atoms with Crippen molar-refractivity contribution in [2.24, 2.45) is 0 Å². The van der Waals surface area contributed by atoms with Crippen molar-refractivity contribution in [2.45, 2.75) is 25.7 Å². The summed E-state index contributed by atoms with van der Waals surface area (Å²) in [6.45, 7) is 3.35. The quantitative estimate of drug-likeness (QED) is 0.866. The van der Waals surface area contributed by atoms with E-state index in [0.717, 1.165) is 0 Å². The first-order valence-electron chi connectivity index (χ1n) is 4.51. The van der Waals surface area contributed by atoms with Crippen LogP contribution in [0, 0.1) is 5.82 Å². The van der Waals surface area contributed by atoms with Gasteiger partial charge in [0.05, 0.1) is 11.4 Å². The number of halogens is 2. The topological polar surface area (TPSA) is 37.3 Å². The zero-order chi connectivity index (χ0) is 11.6. The molecule has 0 aliphatic heterocycles. The molecule has 0 amide bonds. The minimum absolute atomic E-state index is 0.0194. The van der Waals surface area contributed by atoms with Crippen LogP contribution in [0.5, 0.6) is 0 Å². The van der Waals surface area contributed by atoms with Crippen LogP contribution in [0.2, 0.25) is 5.02 Å². The van der Waals surface area contributed by atoms with E-state index in [9.17, 15) is 9.18 Å². The summed E-state index contributed by atoms with van der Waals surface area (Å²) >= 11 is 5.63. The van der Waals surface area contributed by atoms with Gasteiger partial charge in [0.1, 0.15) is 5.82 Å². The summed E-state index contributed by atoms with van der Waals surface area (Å²) in [5, 5.41) is 8.73. The molecule has 2 nitrogen and oxygen atoms in total. The molecule has 0 atom stereocenters. The first-order valence-corrected chi connectivity index (χ1v) is 4.88. The number of aliphatic carboxylic acids is 1. The van der Waals surface area contributed by atoms with Crippen LogP contribution in [0.15, 0.2) is 18.2 Å². The van der Waals surface area contributed by atoms with E-state index in [-0.39, 0.29) is 11.4 Å². The van der Waals surface area contributed by atoms with Gasteiger partial charge >= 0.3 is 5.97 Å². The monoisotopic (exact) mass is 230 g/mol. The molecule has 1 aromatic rings. The van der Waals surface area contributed by atoms with Gasteiger partial charge in [-0.2, -0.15) is 0 Å². The molecule has 1 aromatic carbocycles. The van der Waals surface area contributed by atoms with Gasteiger partial charge in [0, 0.05) is 5.41 Å². The summed E-state index contributed by atoms with van der Waals surface area (Å²) in [6, 6.07) is 4.62. The van der Waals surface area contributed by atoms with E-state index in [1.165, 1.54) is 6.07 Å². The minimum atomic E-state index is -0.959. The molecule has 4 heteroatoms. The molecule has 0 radical (unpaired) electrons. The predicted molar refractivity (Wildman–Crippen MR) is 56.7 cm³/mol. The molecule has 0 saturated carbocycles. The Morgan fingerprint density at radius 1 is 1.53 bits per heavy atom. The Kier molecular flexibility index (Phi) is 3.35. The summed E-state index contributed by atoms with van der Waals surface area (Å²) in [6.07, 6.45) is -0.135. The number of carboxylic acids is 1. The Morgan fingerprint density at radius 2 is 2.13 bits per heavy atom. The minimum Gasteiger partial charge on any atom is -0.481 e. The van der Waals surface area contributed by atoms with Gasteiger partial charge in [-0.1, -0.05) is 37.6 Å². The summed E-state index contributed by atoms with van der Waals surface area (Å²) in [5.74, 6) is -1.50. The molecule has 0 saturated heterocycles. The standard InChI is InChI=1S/C11H12ClFO2/c1-11(2,6-9(14)15)7-4-3-5-8(12)10(7)13/h3-5H,6H2,1-2H3,(H,14,15). The molecule has 0 bridgehead atoms. The van der Waals surface area contributed by atoms with Crippen LogP contribution < -0.4 is 0 Å². The Balaban J connectivity index is 3.14. The van der Waals surface area contributed by atoms with Gasteiger partial charge in [0.25, 0.3) is 0 Å². The highest BCUT2D eigenvalue weighted by Gasteiger charge is 2.27. The second kappa shape index (κ2) is 4.19. The number of rotatable bonds is 3. The molecular weight excluding hydrogens is 219 g/mol. The molecule has 0 spiro atoms. The van der Waals surface area contributed by atoms with Crippen molar-refractivity contribution in [3.05, 3.63) is 34.6 Å². The summed E-state index contributed by atoms with van der Waals surface area (Å²) in [4.78, 5) is 10.6. The van der Waals surface area contributed by atoms with Gasteiger partial charge in [0.15, 0.2) is 0 Å².